The van der Waals surface area contributed by atoms with Gasteiger partial charge in [0.1, 0.15) is 0 Å². The fraction of sp³-hybridized carbons (Fsp3) is 0.533. The first kappa shape index (κ1) is 19.9. The predicted molar refractivity (Wildman–Crippen MR) is 92.7 cm³/mol. The third-order valence-electron chi connectivity index (χ3n) is 3.99. The maximum atomic E-state index is 12.7. The number of benzene rings is 1. The van der Waals surface area contributed by atoms with E-state index in [2.05, 4.69) is 10.0 Å². The number of halogens is 1. The molecule has 1 atom stereocenters. The van der Waals surface area contributed by atoms with E-state index < -0.39 is 10.0 Å². The van der Waals surface area contributed by atoms with Gasteiger partial charge in [0.2, 0.25) is 10.0 Å². The third-order valence-corrected chi connectivity index (χ3v) is 5.53. The highest BCUT2D eigenvalue weighted by atomic mass is 35.5. The Bertz CT molecular complexity index is 658. The average Bonchev–Trinajstić information content (AvgIpc) is 3.00. The minimum atomic E-state index is -3.56. The van der Waals surface area contributed by atoms with E-state index in [0.717, 1.165) is 25.1 Å². The Labute approximate surface area is 144 Å². The van der Waals surface area contributed by atoms with Gasteiger partial charge in [0, 0.05) is 31.7 Å². The minimum absolute atomic E-state index is 0. The van der Waals surface area contributed by atoms with Crippen molar-refractivity contribution in [2.75, 3.05) is 26.7 Å². The van der Waals surface area contributed by atoms with E-state index in [-0.39, 0.29) is 29.3 Å². The van der Waals surface area contributed by atoms with Crippen molar-refractivity contribution in [1.29, 1.82) is 0 Å². The van der Waals surface area contributed by atoms with Crippen LogP contribution in [0.2, 0.25) is 0 Å². The molecular formula is C15H24ClN3O3S. The molecule has 1 fully saturated rings. The molecule has 1 unspecified atom stereocenters. The maximum absolute atomic E-state index is 12.7. The second-order valence-corrected chi connectivity index (χ2v) is 7.31. The van der Waals surface area contributed by atoms with E-state index in [0.29, 0.717) is 12.1 Å². The van der Waals surface area contributed by atoms with Crippen LogP contribution in [0.25, 0.3) is 0 Å². The van der Waals surface area contributed by atoms with Crippen molar-refractivity contribution < 1.29 is 13.2 Å². The number of hydrogen-bond donors (Lipinski definition) is 2. The fourth-order valence-electron chi connectivity index (χ4n) is 2.60. The molecule has 1 aromatic rings. The topological polar surface area (TPSA) is 78.5 Å². The number of carbonyl (C=O) groups is 1. The molecule has 8 heteroatoms. The van der Waals surface area contributed by atoms with Crippen LogP contribution in [0.1, 0.15) is 29.3 Å². The van der Waals surface area contributed by atoms with Gasteiger partial charge in [0.05, 0.1) is 4.90 Å². The Morgan fingerprint density at radius 1 is 1.43 bits per heavy atom. The molecule has 2 N–H and O–H groups in total. The number of carbonyl (C=O) groups excluding carboxylic acids is 1. The number of amides is 1. The van der Waals surface area contributed by atoms with Crippen molar-refractivity contribution in [3.8, 4) is 0 Å². The summed E-state index contributed by atoms with van der Waals surface area (Å²) in [5.74, 6) is -0.139. The lowest BCUT2D eigenvalue weighted by atomic mass is 10.1. The molecule has 0 aromatic heterocycles. The lowest BCUT2D eigenvalue weighted by molar-refractivity contribution is 0.0743. The van der Waals surface area contributed by atoms with E-state index in [1.807, 2.05) is 6.92 Å². The molecule has 2 rings (SSSR count). The van der Waals surface area contributed by atoms with E-state index in [1.165, 1.54) is 12.1 Å². The SMILES string of the molecule is CCNS(=O)(=O)c1ccc(C)c(C(=O)N(C)C2CCNC2)c1.Cl. The van der Waals surface area contributed by atoms with Gasteiger partial charge in [0.25, 0.3) is 5.91 Å². The zero-order valence-electron chi connectivity index (χ0n) is 13.6. The van der Waals surface area contributed by atoms with Gasteiger partial charge in [-0.05, 0) is 37.6 Å². The van der Waals surface area contributed by atoms with Crippen molar-refractivity contribution in [1.82, 2.24) is 14.9 Å². The normalized spacial score (nSPS) is 17.6. The third kappa shape index (κ3) is 4.44. The molecule has 130 valence electrons. The molecular weight excluding hydrogens is 338 g/mol. The van der Waals surface area contributed by atoms with Gasteiger partial charge in [-0.15, -0.1) is 12.4 Å². The monoisotopic (exact) mass is 361 g/mol. The smallest absolute Gasteiger partial charge is 0.254 e. The molecule has 1 saturated heterocycles. The first-order valence-electron chi connectivity index (χ1n) is 7.45. The fourth-order valence-corrected chi connectivity index (χ4v) is 3.66. The molecule has 1 heterocycles. The van der Waals surface area contributed by atoms with Gasteiger partial charge in [-0.2, -0.15) is 0 Å². The van der Waals surface area contributed by atoms with Gasteiger partial charge in [-0.3, -0.25) is 4.79 Å². The molecule has 1 aromatic carbocycles. The zero-order valence-corrected chi connectivity index (χ0v) is 15.3. The number of hydrogen-bond acceptors (Lipinski definition) is 4. The summed E-state index contributed by atoms with van der Waals surface area (Å²) in [5.41, 5.74) is 1.21. The van der Waals surface area contributed by atoms with Gasteiger partial charge >= 0.3 is 0 Å². The summed E-state index contributed by atoms with van der Waals surface area (Å²) in [6.07, 6.45) is 0.913. The van der Waals surface area contributed by atoms with Crippen molar-refractivity contribution >= 4 is 28.3 Å². The number of nitrogens with one attached hydrogen (secondary N) is 2. The Balaban J connectivity index is 0.00000264. The molecule has 0 radical (unpaired) electrons. The van der Waals surface area contributed by atoms with E-state index in [4.69, 9.17) is 0 Å². The van der Waals surface area contributed by atoms with Crippen molar-refractivity contribution in [3.05, 3.63) is 29.3 Å². The standard InChI is InChI=1S/C15H23N3O3S.ClH/c1-4-17-22(20,21)13-6-5-11(2)14(9-13)15(19)18(3)12-7-8-16-10-12;/h5-6,9,12,16-17H,4,7-8,10H2,1-3H3;1H. The number of nitrogens with zero attached hydrogens (tertiary/aromatic N) is 1. The highest BCUT2D eigenvalue weighted by Crippen LogP contribution is 2.19. The number of likely N-dealkylation sites (N-methyl/N-ethyl adjacent to an activating group) is 1. The predicted octanol–water partition coefficient (Wildman–Crippen LogP) is 1.15. The van der Waals surface area contributed by atoms with Gasteiger partial charge < -0.3 is 10.2 Å². The lowest BCUT2D eigenvalue weighted by Crippen LogP contribution is -2.38. The summed E-state index contributed by atoms with van der Waals surface area (Å²) in [7, 11) is -1.79. The van der Waals surface area contributed by atoms with Crippen molar-refractivity contribution in [3.63, 3.8) is 0 Å². The van der Waals surface area contributed by atoms with E-state index in [1.54, 1.807) is 24.9 Å². The first-order valence-corrected chi connectivity index (χ1v) is 8.93. The second kappa shape index (κ2) is 8.10. The summed E-state index contributed by atoms with van der Waals surface area (Å²) >= 11 is 0. The van der Waals surface area contributed by atoms with Crippen molar-refractivity contribution in [2.24, 2.45) is 0 Å². The van der Waals surface area contributed by atoms with Crippen molar-refractivity contribution in [2.45, 2.75) is 31.2 Å². The van der Waals surface area contributed by atoms with Crippen LogP contribution in [0.3, 0.4) is 0 Å². The highest BCUT2D eigenvalue weighted by Gasteiger charge is 2.26. The number of aryl methyl sites for hydroxylation is 1. The minimum Gasteiger partial charge on any atom is -0.337 e. The Morgan fingerprint density at radius 2 is 2.13 bits per heavy atom. The van der Waals surface area contributed by atoms with E-state index >= 15 is 0 Å². The van der Waals surface area contributed by atoms with Crippen LogP contribution in [0.15, 0.2) is 23.1 Å². The lowest BCUT2D eigenvalue weighted by Gasteiger charge is -2.24. The molecule has 0 bridgehead atoms. The molecule has 0 spiro atoms. The van der Waals surface area contributed by atoms with Crippen LogP contribution in [0.4, 0.5) is 0 Å². The van der Waals surface area contributed by atoms with Gasteiger partial charge in [-0.1, -0.05) is 13.0 Å². The van der Waals surface area contributed by atoms with Gasteiger partial charge in [-0.25, -0.2) is 13.1 Å². The summed E-state index contributed by atoms with van der Waals surface area (Å²) in [5, 5.41) is 3.23. The summed E-state index contributed by atoms with van der Waals surface area (Å²) < 4.78 is 26.6. The summed E-state index contributed by atoms with van der Waals surface area (Å²) in [6.45, 7) is 5.52. The van der Waals surface area contributed by atoms with Crippen LogP contribution in [0.5, 0.6) is 0 Å². The molecule has 1 aliphatic heterocycles. The first-order chi connectivity index (χ1) is 10.4. The molecule has 23 heavy (non-hydrogen) atoms. The largest absolute Gasteiger partial charge is 0.337 e. The Morgan fingerprint density at radius 3 is 2.70 bits per heavy atom. The average molecular weight is 362 g/mol. The van der Waals surface area contributed by atoms with E-state index in [9.17, 15) is 13.2 Å². The van der Waals surface area contributed by atoms with Gasteiger partial charge in [0.15, 0.2) is 0 Å². The summed E-state index contributed by atoms with van der Waals surface area (Å²) in [6, 6.07) is 4.83. The molecule has 1 aliphatic rings. The van der Waals surface area contributed by atoms with Crippen LogP contribution in [0, 0.1) is 6.92 Å². The molecule has 6 nitrogen and oxygen atoms in total. The number of sulfonamides is 1. The summed E-state index contributed by atoms with van der Waals surface area (Å²) in [4.78, 5) is 14.5. The van der Waals surface area contributed by atoms with Crippen LogP contribution in [-0.2, 0) is 10.0 Å². The van der Waals surface area contributed by atoms with Crippen LogP contribution < -0.4 is 10.0 Å². The number of rotatable bonds is 5. The highest BCUT2D eigenvalue weighted by molar-refractivity contribution is 7.89. The van der Waals surface area contributed by atoms with Crippen LogP contribution in [-0.4, -0.2) is 51.9 Å². The molecule has 1 amide bonds. The second-order valence-electron chi connectivity index (χ2n) is 5.54. The molecule has 0 saturated carbocycles. The zero-order chi connectivity index (χ0) is 16.3. The quantitative estimate of drug-likeness (QED) is 0.824. The maximum Gasteiger partial charge on any atom is 0.254 e. The Kier molecular flexibility index (Phi) is 7.01. The Hall–Kier alpha value is -1.15. The van der Waals surface area contributed by atoms with Crippen LogP contribution >= 0.6 is 12.4 Å². The molecule has 0 aliphatic carbocycles.